The van der Waals surface area contributed by atoms with E-state index in [1.54, 1.807) is 21.6 Å². The highest BCUT2D eigenvalue weighted by molar-refractivity contribution is 6.35. The molecule has 1 amide bonds. The molecule has 0 aliphatic carbocycles. The second kappa shape index (κ2) is 7.93. The van der Waals surface area contributed by atoms with Crippen LogP contribution in [-0.2, 0) is 4.79 Å². The summed E-state index contributed by atoms with van der Waals surface area (Å²) < 4.78 is 1.59. The Kier molecular flexibility index (Phi) is 4.94. The molecule has 1 aromatic heterocycles. The molecule has 5 nitrogen and oxygen atoms in total. The first kappa shape index (κ1) is 19.9. The SMILES string of the molecule is CCCN1C(=O)/C(=C\c2nc3ccccc3c(=O)n2-c2ccc(C)cc2)c2ccccc21. The number of fused-ring (bicyclic) bond motifs is 2. The molecule has 0 saturated heterocycles. The van der Waals surface area contributed by atoms with Crippen LogP contribution in [0.5, 0.6) is 0 Å². The molecule has 0 bridgehead atoms. The van der Waals surface area contributed by atoms with Gasteiger partial charge in [0.1, 0.15) is 5.82 Å². The molecule has 4 aromatic rings. The van der Waals surface area contributed by atoms with Gasteiger partial charge in [0.2, 0.25) is 0 Å². The lowest BCUT2D eigenvalue weighted by Gasteiger charge is -2.15. The van der Waals surface area contributed by atoms with Gasteiger partial charge in [0.05, 0.1) is 27.9 Å². The van der Waals surface area contributed by atoms with Gasteiger partial charge in [-0.15, -0.1) is 0 Å². The van der Waals surface area contributed by atoms with Gasteiger partial charge in [-0.3, -0.25) is 14.2 Å². The summed E-state index contributed by atoms with van der Waals surface area (Å²) in [5.74, 6) is 0.375. The molecule has 0 fully saturated rings. The quantitative estimate of drug-likeness (QED) is 0.436. The number of rotatable bonds is 4. The van der Waals surface area contributed by atoms with Gasteiger partial charge in [-0.05, 0) is 49.8 Å². The summed E-state index contributed by atoms with van der Waals surface area (Å²) in [5, 5.41) is 0.543. The summed E-state index contributed by atoms with van der Waals surface area (Å²) in [6.07, 6.45) is 2.61. The van der Waals surface area contributed by atoms with Crippen molar-refractivity contribution in [3.8, 4) is 5.69 Å². The van der Waals surface area contributed by atoms with Gasteiger partial charge in [0.15, 0.2) is 0 Å². The van der Waals surface area contributed by atoms with E-state index in [4.69, 9.17) is 4.98 Å². The fourth-order valence-corrected chi connectivity index (χ4v) is 4.21. The van der Waals surface area contributed by atoms with E-state index in [9.17, 15) is 9.59 Å². The highest BCUT2D eigenvalue weighted by Gasteiger charge is 2.31. The number of carbonyl (C=O) groups excluding carboxylic acids is 1. The van der Waals surface area contributed by atoms with Crippen molar-refractivity contribution in [2.45, 2.75) is 20.3 Å². The van der Waals surface area contributed by atoms with Crippen molar-refractivity contribution in [1.82, 2.24) is 9.55 Å². The minimum atomic E-state index is -0.157. The van der Waals surface area contributed by atoms with E-state index in [-0.39, 0.29) is 11.5 Å². The smallest absolute Gasteiger partial charge is 0.266 e. The van der Waals surface area contributed by atoms with Crippen molar-refractivity contribution in [3.63, 3.8) is 0 Å². The van der Waals surface area contributed by atoms with Crippen molar-refractivity contribution < 1.29 is 4.79 Å². The lowest BCUT2D eigenvalue weighted by atomic mass is 10.1. The molecular weight excluding hydrogens is 398 g/mol. The Labute approximate surface area is 186 Å². The van der Waals surface area contributed by atoms with Crippen LogP contribution in [0.1, 0.15) is 30.3 Å². The molecule has 0 N–H and O–H groups in total. The molecule has 2 heterocycles. The normalized spacial score (nSPS) is 14.4. The van der Waals surface area contributed by atoms with E-state index in [0.29, 0.717) is 28.8 Å². The van der Waals surface area contributed by atoms with E-state index in [0.717, 1.165) is 28.9 Å². The molecule has 158 valence electrons. The van der Waals surface area contributed by atoms with Gasteiger partial charge in [0.25, 0.3) is 11.5 Å². The van der Waals surface area contributed by atoms with E-state index in [2.05, 4.69) is 6.92 Å². The fraction of sp³-hybridized carbons (Fsp3) is 0.148. The Morgan fingerprint density at radius 3 is 2.41 bits per heavy atom. The summed E-state index contributed by atoms with van der Waals surface area (Å²) in [7, 11) is 0. The predicted octanol–water partition coefficient (Wildman–Crippen LogP) is 4.99. The second-order valence-electron chi connectivity index (χ2n) is 8.00. The standard InChI is InChI=1S/C27H23N3O2/c1-3-16-29-24-11-7-5-8-20(24)22(26(29)31)17-25-28-23-10-6-4-9-21(23)27(32)30(25)19-14-12-18(2)13-15-19/h4-15,17H,3,16H2,1-2H3/b22-17-. The molecule has 5 rings (SSSR count). The van der Waals surface area contributed by atoms with Crippen molar-refractivity contribution in [1.29, 1.82) is 0 Å². The minimum absolute atomic E-state index is 0.0640. The molecule has 1 aliphatic rings. The van der Waals surface area contributed by atoms with E-state index < -0.39 is 0 Å². The molecule has 5 heteroatoms. The highest BCUT2D eigenvalue weighted by atomic mass is 16.2. The minimum Gasteiger partial charge on any atom is -0.308 e. The number of aryl methyl sites for hydroxylation is 1. The third-order valence-electron chi connectivity index (χ3n) is 5.78. The van der Waals surface area contributed by atoms with E-state index in [1.165, 1.54) is 0 Å². The topological polar surface area (TPSA) is 55.2 Å². The number of nitrogens with zero attached hydrogens (tertiary/aromatic N) is 3. The maximum absolute atomic E-state index is 13.5. The molecule has 3 aromatic carbocycles. The number of anilines is 1. The van der Waals surface area contributed by atoms with Crippen LogP contribution in [0.15, 0.2) is 77.6 Å². The van der Waals surface area contributed by atoms with Gasteiger partial charge < -0.3 is 4.90 Å². The number of benzene rings is 3. The number of carbonyl (C=O) groups is 1. The third kappa shape index (κ3) is 3.23. The van der Waals surface area contributed by atoms with Crippen molar-refractivity contribution >= 4 is 34.1 Å². The van der Waals surface area contributed by atoms with Crippen LogP contribution in [0, 0.1) is 6.92 Å². The third-order valence-corrected chi connectivity index (χ3v) is 5.78. The first-order valence-electron chi connectivity index (χ1n) is 10.8. The Morgan fingerprint density at radius 2 is 1.62 bits per heavy atom. The average molecular weight is 422 g/mol. The van der Waals surface area contributed by atoms with Gasteiger partial charge in [-0.1, -0.05) is 55.0 Å². The number of hydrogen-bond donors (Lipinski definition) is 0. The van der Waals surface area contributed by atoms with Crippen LogP contribution < -0.4 is 10.5 Å². The average Bonchev–Trinajstić information content (AvgIpc) is 3.07. The number of para-hydroxylation sites is 2. The lowest BCUT2D eigenvalue weighted by molar-refractivity contribution is -0.113. The molecule has 0 radical (unpaired) electrons. The summed E-state index contributed by atoms with van der Waals surface area (Å²) in [4.78, 5) is 33.4. The predicted molar refractivity (Wildman–Crippen MR) is 129 cm³/mol. The number of aromatic nitrogens is 2. The fourth-order valence-electron chi connectivity index (χ4n) is 4.21. The second-order valence-corrected chi connectivity index (χ2v) is 8.00. The maximum Gasteiger partial charge on any atom is 0.266 e. The monoisotopic (exact) mass is 421 g/mol. The van der Waals surface area contributed by atoms with Crippen LogP contribution in [0.2, 0.25) is 0 Å². The van der Waals surface area contributed by atoms with Crippen molar-refractivity contribution in [2.75, 3.05) is 11.4 Å². The lowest BCUT2D eigenvalue weighted by Crippen LogP contribution is -2.27. The Morgan fingerprint density at radius 1 is 0.906 bits per heavy atom. The zero-order valence-corrected chi connectivity index (χ0v) is 18.1. The van der Waals surface area contributed by atoms with Crippen LogP contribution in [0.4, 0.5) is 5.69 Å². The first-order valence-corrected chi connectivity index (χ1v) is 10.8. The summed E-state index contributed by atoms with van der Waals surface area (Å²) >= 11 is 0. The molecular formula is C27H23N3O2. The van der Waals surface area contributed by atoms with Gasteiger partial charge in [-0.2, -0.15) is 0 Å². The van der Waals surface area contributed by atoms with Crippen molar-refractivity contribution in [2.24, 2.45) is 0 Å². The van der Waals surface area contributed by atoms with E-state index >= 15 is 0 Å². The summed E-state index contributed by atoms with van der Waals surface area (Å²) in [5.41, 5.74) is 4.59. The Balaban J connectivity index is 1.78. The van der Waals surface area contributed by atoms with Gasteiger partial charge in [0, 0.05) is 12.1 Å². The molecule has 0 saturated carbocycles. The van der Waals surface area contributed by atoms with Crippen LogP contribution in [0.25, 0.3) is 28.2 Å². The van der Waals surface area contributed by atoms with Crippen LogP contribution >= 0.6 is 0 Å². The number of amides is 1. The van der Waals surface area contributed by atoms with Crippen LogP contribution in [0.3, 0.4) is 0 Å². The molecule has 0 spiro atoms. The maximum atomic E-state index is 13.5. The number of hydrogen-bond acceptors (Lipinski definition) is 3. The Hall–Kier alpha value is -3.99. The zero-order valence-electron chi connectivity index (χ0n) is 18.1. The van der Waals surface area contributed by atoms with Gasteiger partial charge in [-0.25, -0.2) is 4.98 Å². The molecule has 32 heavy (non-hydrogen) atoms. The Bertz CT molecular complexity index is 1430. The van der Waals surface area contributed by atoms with Gasteiger partial charge >= 0.3 is 0 Å². The molecule has 0 atom stereocenters. The first-order chi connectivity index (χ1) is 15.6. The van der Waals surface area contributed by atoms with Crippen LogP contribution in [-0.4, -0.2) is 22.0 Å². The largest absolute Gasteiger partial charge is 0.308 e. The highest BCUT2D eigenvalue weighted by Crippen LogP contribution is 2.37. The zero-order chi connectivity index (χ0) is 22.2. The summed E-state index contributed by atoms with van der Waals surface area (Å²) in [6, 6.07) is 22.8. The molecule has 0 unspecified atom stereocenters. The summed E-state index contributed by atoms with van der Waals surface area (Å²) in [6.45, 7) is 4.70. The molecule has 1 aliphatic heterocycles. The van der Waals surface area contributed by atoms with E-state index in [1.807, 2.05) is 73.7 Å². The van der Waals surface area contributed by atoms with Crippen molar-refractivity contribution in [3.05, 3.63) is 100 Å².